The second-order valence-electron chi connectivity index (χ2n) is 5.66. The predicted molar refractivity (Wildman–Crippen MR) is 89.1 cm³/mol. The normalized spacial score (nSPS) is 20.4. The third kappa shape index (κ3) is 2.79. The average Bonchev–Trinajstić information content (AvgIpc) is 2.53. The Morgan fingerprint density at radius 2 is 1.82 bits per heavy atom. The fourth-order valence-corrected chi connectivity index (χ4v) is 3.24. The summed E-state index contributed by atoms with van der Waals surface area (Å²) < 4.78 is 11.0. The zero-order chi connectivity index (χ0) is 15.7. The van der Waals surface area contributed by atoms with Crippen LogP contribution in [-0.2, 0) is 6.42 Å². The molecule has 1 heterocycles. The van der Waals surface area contributed by atoms with Crippen molar-refractivity contribution < 1.29 is 9.47 Å². The summed E-state index contributed by atoms with van der Waals surface area (Å²) in [5, 5.41) is 4.40. The minimum absolute atomic E-state index is 0.0943. The molecule has 0 saturated heterocycles. The van der Waals surface area contributed by atoms with Crippen LogP contribution in [0.15, 0.2) is 36.4 Å². The van der Waals surface area contributed by atoms with Crippen molar-refractivity contribution in [3.05, 3.63) is 58.1 Å². The van der Waals surface area contributed by atoms with Crippen LogP contribution in [0.3, 0.4) is 0 Å². The van der Waals surface area contributed by atoms with Gasteiger partial charge in [0, 0.05) is 22.7 Å². The van der Waals surface area contributed by atoms with Crippen LogP contribution in [-0.4, -0.2) is 20.3 Å². The summed E-state index contributed by atoms with van der Waals surface area (Å²) in [5.41, 5.74) is 3.63. The van der Waals surface area contributed by atoms with Gasteiger partial charge in [-0.2, -0.15) is 0 Å². The van der Waals surface area contributed by atoms with Gasteiger partial charge in [-0.1, -0.05) is 23.7 Å². The third-order valence-corrected chi connectivity index (χ3v) is 4.38. The van der Waals surface area contributed by atoms with E-state index in [2.05, 4.69) is 30.4 Å². The zero-order valence-electron chi connectivity index (χ0n) is 13.0. The van der Waals surface area contributed by atoms with Crippen LogP contribution in [0, 0.1) is 0 Å². The number of methoxy groups -OCH3 is 2. The molecule has 22 heavy (non-hydrogen) atoms. The number of fused-ring (bicyclic) bond motifs is 1. The lowest BCUT2D eigenvalue weighted by molar-refractivity contribution is 0.374. The van der Waals surface area contributed by atoms with Crippen LogP contribution >= 0.6 is 11.6 Å². The van der Waals surface area contributed by atoms with E-state index in [4.69, 9.17) is 21.1 Å². The Labute approximate surface area is 136 Å². The van der Waals surface area contributed by atoms with Crippen molar-refractivity contribution >= 4 is 11.6 Å². The van der Waals surface area contributed by atoms with Gasteiger partial charge in [0.15, 0.2) is 0 Å². The quantitative estimate of drug-likeness (QED) is 0.928. The maximum atomic E-state index is 6.02. The molecule has 1 aliphatic rings. The summed E-state index contributed by atoms with van der Waals surface area (Å²) in [7, 11) is 3.38. The first-order chi connectivity index (χ1) is 10.6. The van der Waals surface area contributed by atoms with E-state index in [1.807, 2.05) is 18.2 Å². The molecule has 2 aromatic rings. The van der Waals surface area contributed by atoms with Gasteiger partial charge in [-0.15, -0.1) is 0 Å². The molecule has 0 radical (unpaired) electrons. The van der Waals surface area contributed by atoms with Gasteiger partial charge in [-0.3, -0.25) is 0 Å². The summed E-state index contributed by atoms with van der Waals surface area (Å²) in [6, 6.07) is 12.5. The van der Waals surface area contributed by atoms with Gasteiger partial charge in [0.1, 0.15) is 11.5 Å². The van der Waals surface area contributed by atoms with Crippen molar-refractivity contribution in [2.45, 2.75) is 25.4 Å². The number of benzene rings is 2. The highest BCUT2D eigenvalue weighted by molar-refractivity contribution is 6.30. The fourth-order valence-electron chi connectivity index (χ4n) is 3.11. The van der Waals surface area contributed by atoms with Crippen molar-refractivity contribution in [3.63, 3.8) is 0 Å². The Hall–Kier alpha value is -1.71. The second-order valence-corrected chi connectivity index (χ2v) is 6.10. The predicted octanol–water partition coefficient (Wildman–Crippen LogP) is 3.98. The highest BCUT2D eigenvalue weighted by Crippen LogP contribution is 2.40. The van der Waals surface area contributed by atoms with E-state index >= 15 is 0 Å². The SMILES string of the molecule is COc1cc2c(c(OC)c1)C(c1ccc(Cl)cc1)NC(C)C2. The highest BCUT2D eigenvalue weighted by atomic mass is 35.5. The van der Waals surface area contributed by atoms with Crippen LogP contribution in [0.4, 0.5) is 0 Å². The molecule has 0 aromatic heterocycles. The molecule has 0 saturated carbocycles. The highest BCUT2D eigenvalue weighted by Gasteiger charge is 2.29. The van der Waals surface area contributed by atoms with Gasteiger partial charge in [-0.25, -0.2) is 0 Å². The standard InChI is InChI=1S/C18H20ClNO2/c1-11-8-13-9-15(21-2)10-16(22-3)17(13)18(20-11)12-4-6-14(19)7-5-12/h4-7,9-11,18,20H,8H2,1-3H3. The summed E-state index contributed by atoms with van der Waals surface area (Å²) in [6.07, 6.45) is 0.951. The largest absolute Gasteiger partial charge is 0.497 e. The number of nitrogens with one attached hydrogen (secondary N) is 1. The molecule has 4 heteroatoms. The monoisotopic (exact) mass is 317 g/mol. The lowest BCUT2D eigenvalue weighted by Gasteiger charge is -2.33. The third-order valence-electron chi connectivity index (χ3n) is 4.13. The van der Waals surface area contributed by atoms with Crippen molar-refractivity contribution in [2.24, 2.45) is 0 Å². The summed E-state index contributed by atoms with van der Waals surface area (Å²) in [5.74, 6) is 1.69. The lowest BCUT2D eigenvalue weighted by Crippen LogP contribution is -2.38. The molecule has 0 bridgehead atoms. The van der Waals surface area contributed by atoms with E-state index in [9.17, 15) is 0 Å². The number of hydrogen-bond donors (Lipinski definition) is 1. The summed E-state index contributed by atoms with van der Waals surface area (Å²) in [6.45, 7) is 2.19. The van der Waals surface area contributed by atoms with E-state index in [1.165, 1.54) is 16.7 Å². The molecule has 1 aliphatic heterocycles. The van der Waals surface area contributed by atoms with Gasteiger partial charge in [0.2, 0.25) is 0 Å². The van der Waals surface area contributed by atoms with E-state index in [0.29, 0.717) is 6.04 Å². The van der Waals surface area contributed by atoms with E-state index in [1.54, 1.807) is 14.2 Å². The van der Waals surface area contributed by atoms with E-state index < -0.39 is 0 Å². The minimum Gasteiger partial charge on any atom is -0.497 e. The molecule has 0 spiro atoms. The maximum Gasteiger partial charge on any atom is 0.127 e. The summed E-state index contributed by atoms with van der Waals surface area (Å²) in [4.78, 5) is 0. The maximum absolute atomic E-state index is 6.02. The summed E-state index contributed by atoms with van der Waals surface area (Å²) >= 11 is 6.02. The first-order valence-corrected chi connectivity index (χ1v) is 7.76. The van der Waals surface area contributed by atoms with Crippen LogP contribution in [0.25, 0.3) is 0 Å². The second kappa shape index (κ2) is 6.19. The van der Waals surface area contributed by atoms with Crippen molar-refractivity contribution in [1.29, 1.82) is 0 Å². The first-order valence-electron chi connectivity index (χ1n) is 7.38. The number of ether oxygens (including phenoxy) is 2. The number of halogens is 1. The van der Waals surface area contributed by atoms with Crippen LogP contribution in [0.2, 0.25) is 5.02 Å². The smallest absolute Gasteiger partial charge is 0.127 e. The molecular weight excluding hydrogens is 298 g/mol. The molecule has 116 valence electrons. The van der Waals surface area contributed by atoms with Crippen LogP contribution in [0.5, 0.6) is 11.5 Å². The van der Waals surface area contributed by atoms with Crippen LogP contribution < -0.4 is 14.8 Å². The molecule has 2 atom stereocenters. The Morgan fingerprint density at radius 1 is 1.09 bits per heavy atom. The molecule has 3 rings (SSSR count). The van der Waals surface area contributed by atoms with Crippen LogP contribution in [0.1, 0.15) is 29.7 Å². The Morgan fingerprint density at radius 3 is 2.45 bits per heavy atom. The van der Waals surface area contributed by atoms with Gasteiger partial charge in [0.05, 0.1) is 20.3 Å². The Kier molecular flexibility index (Phi) is 4.27. The molecule has 3 nitrogen and oxygen atoms in total. The van der Waals surface area contributed by atoms with Gasteiger partial charge < -0.3 is 14.8 Å². The Balaban J connectivity index is 2.13. The fraction of sp³-hybridized carbons (Fsp3) is 0.333. The van der Waals surface area contributed by atoms with Gasteiger partial charge in [0.25, 0.3) is 0 Å². The molecule has 0 amide bonds. The van der Waals surface area contributed by atoms with E-state index in [-0.39, 0.29) is 6.04 Å². The Bertz CT molecular complexity index is 670. The number of rotatable bonds is 3. The molecule has 1 N–H and O–H groups in total. The molecule has 0 aliphatic carbocycles. The lowest BCUT2D eigenvalue weighted by atomic mass is 9.86. The van der Waals surface area contributed by atoms with E-state index in [0.717, 1.165) is 22.9 Å². The van der Waals surface area contributed by atoms with Gasteiger partial charge >= 0.3 is 0 Å². The van der Waals surface area contributed by atoms with Gasteiger partial charge in [-0.05, 0) is 42.7 Å². The number of hydrogen-bond acceptors (Lipinski definition) is 3. The van der Waals surface area contributed by atoms with Crippen molar-refractivity contribution in [2.75, 3.05) is 14.2 Å². The minimum atomic E-state index is 0.0943. The average molecular weight is 318 g/mol. The molecule has 2 aromatic carbocycles. The molecular formula is C18H20ClNO2. The van der Waals surface area contributed by atoms with Crippen molar-refractivity contribution in [1.82, 2.24) is 5.32 Å². The zero-order valence-corrected chi connectivity index (χ0v) is 13.8. The molecule has 0 fully saturated rings. The topological polar surface area (TPSA) is 30.5 Å². The molecule has 2 unspecified atom stereocenters. The van der Waals surface area contributed by atoms with Crippen molar-refractivity contribution in [3.8, 4) is 11.5 Å². The first kappa shape index (κ1) is 15.2.